The zero-order valence-corrected chi connectivity index (χ0v) is 12.4. The van der Waals surface area contributed by atoms with Crippen molar-refractivity contribution in [1.29, 1.82) is 0 Å². The molecule has 0 saturated carbocycles. The lowest BCUT2D eigenvalue weighted by molar-refractivity contribution is -0.274. The van der Waals surface area contributed by atoms with E-state index < -0.39 is 6.36 Å². The van der Waals surface area contributed by atoms with Crippen LogP contribution in [0.2, 0.25) is 0 Å². The van der Waals surface area contributed by atoms with Crippen LogP contribution in [-0.2, 0) is 4.79 Å². The lowest BCUT2D eigenvalue weighted by Gasteiger charge is -2.10. The predicted octanol–water partition coefficient (Wildman–Crippen LogP) is 2.63. The van der Waals surface area contributed by atoms with E-state index in [1.54, 1.807) is 6.92 Å². The van der Waals surface area contributed by atoms with Gasteiger partial charge in [-0.05, 0) is 48.5 Å². The normalized spacial score (nSPS) is 13.0. The average Bonchev–Trinajstić information content (AvgIpc) is 2.85. The van der Waals surface area contributed by atoms with Gasteiger partial charge in [0.15, 0.2) is 0 Å². The Morgan fingerprint density at radius 3 is 2.50 bits per heavy atom. The monoisotopic (exact) mass is 332 g/mol. The summed E-state index contributed by atoms with van der Waals surface area (Å²) in [6.07, 6.45) is -4.74. The fraction of sp³-hybridized carbons (Fsp3) is 0.333. The van der Waals surface area contributed by atoms with Crippen molar-refractivity contribution in [2.75, 3.05) is 0 Å². The number of Topliss-reactive ketones (excluding diaryl/α,β-unsaturated/α-hetero) is 1. The lowest BCUT2D eigenvalue weighted by Crippen LogP contribution is -2.17. The Kier molecular flexibility index (Phi) is 4.69. The Morgan fingerprint density at radius 1 is 1.32 bits per heavy atom. The van der Waals surface area contributed by atoms with E-state index in [4.69, 9.17) is 0 Å². The van der Waals surface area contributed by atoms with Gasteiger partial charge < -0.3 is 4.74 Å². The van der Waals surface area contributed by atoms with Gasteiger partial charge in [-0.3, -0.25) is 4.79 Å². The van der Waals surface area contributed by atoms with Crippen molar-refractivity contribution in [2.24, 2.45) is 0 Å². The van der Waals surface area contributed by atoms with Crippen LogP contribution in [0.15, 0.2) is 29.4 Å². The number of carbonyl (C=O) groups is 1. The Balaban J connectivity index is 2.19. The molecule has 0 spiro atoms. The Morgan fingerprint density at radius 2 is 1.95 bits per heavy atom. The molecule has 0 N–H and O–H groups in total. The van der Waals surface area contributed by atoms with Gasteiger partial charge in [0.1, 0.15) is 11.5 Å². The fourth-order valence-electron chi connectivity index (χ4n) is 1.44. The van der Waals surface area contributed by atoms with Crippen molar-refractivity contribution in [3.8, 4) is 11.4 Å². The van der Waals surface area contributed by atoms with E-state index in [1.165, 1.54) is 23.7 Å². The van der Waals surface area contributed by atoms with Crippen LogP contribution in [0.1, 0.15) is 13.8 Å². The topological polar surface area (TPSA) is 69.9 Å². The number of hydrogen-bond acceptors (Lipinski definition) is 6. The number of aromatic nitrogens is 4. The number of rotatable bonds is 5. The maximum absolute atomic E-state index is 12.1. The molecule has 6 nitrogen and oxygen atoms in total. The molecular formula is C12H11F3N4O2S. The first-order chi connectivity index (χ1) is 10.3. The number of carbonyl (C=O) groups excluding carboxylic acids is 1. The molecule has 2 aromatic rings. The van der Waals surface area contributed by atoms with Gasteiger partial charge >= 0.3 is 6.36 Å². The summed E-state index contributed by atoms with van der Waals surface area (Å²) in [7, 11) is 0. The molecule has 0 bridgehead atoms. The third kappa shape index (κ3) is 4.20. The summed E-state index contributed by atoms with van der Waals surface area (Å²) in [6, 6.07) is 5.10. The Labute approximate surface area is 127 Å². The first-order valence-electron chi connectivity index (χ1n) is 6.08. The van der Waals surface area contributed by atoms with Crippen LogP contribution in [0.25, 0.3) is 5.69 Å². The summed E-state index contributed by atoms with van der Waals surface area (Å²) in [6.45, 7) is 3.17. The maximum atomic E-state index is 12.1. The second kappa shape index (κ2) is 6.34. The molecule has 10 heteroatoms. The van der Waals surface area contributed by atoms with Gasteiger partial charge in [0, 0.05) is 0 Å². The summed E-state index contributed by atoms with van der Waals surface area (Å²) in [5.74, 6) is -0.371. The molecule has 0 aliphatic carbocycles. The van der Waals surface area contributed by atoms with Gasteiger partial charge in [-0.1, -0.05) is 11.8 Å². The molecule has 118 valence electrons. The van der Waals surface area contributed by atoms with Crippen LogP contribution in [-0.4, -0.2) is 37.6 Å². The second-order valence-corrected chi connectivity index (χ2v) is 5.59. The summed E-state index contributed by atoms with van der Waals surface area (Å²) in [5.41, 5.74) is 0.456. The summed E-state index contributed by atoms with van der Waals surface area (Å²) < 4.78 is 41.4. The highest BCUT2D eigenvalue weighted by molar-refractivity contribution is 8.00. The van der Waals surface area contributed by atoms with Crippen molar-refractivity contribution in [1.82, 2.24) is 20.2 Å². The van der Waals surface area contributed by atoms with Crippen LogP contribution in [0, 0.1) is 0 Å². The van der Waals surface area contributed by atoms with Gasteiger partial charge in [0.05, 0.1) is 10.9 Å². The van der Waals surface area contributed by atoms with Crippen molar-refractivity contribution < 1.29 is 22.7 Å². The molecule has 1 aromatic heterocycles. The number of ketones is 1. The van der Waals surface area contributed by atoms with E-state index in [9.17, 15) is 18.0 Å². The molecule has 2 rings (SSSR count). The highest BCUT2D eigenvalue weighted by Crippen LogP contribution is 2.26. The van der Waals surface area contributed by atoms with E-state index in [2.05, 4.69) is 20.3 Å². The molecule has 0 amide bonds. The quantitative estimate of drug-likeness (QED) is 0.784. The number of tetrazole rings is 1. The largest absolute Gasteiger partial charge is 0.573 e. The smallest absolute Gasteiger partial charge is 0.406 e. The minimum Gasteiger partial charge on any atom is -0.406 e. The minimum absolute atomic E-state index is 0.0338. The zero-order valence-electron chi connectivity index (χ0n) is 11.5. The summed E-state index contributed by atoms with van der Waals surface area (Å²) in [4.78, 5) is 11.3. The van der Waals surface area contributed by atoms with E-state index in [0.29, 0.717) is 10.8 Å². The predicted molar refractivity (Wildman–Crippen MR) is 71.8 cm³/mol. The van der Waals surface area contributed by atoms with Gasteiger partial charge in [0.2, 0.25) is 5.16 Å². The van der Waals surface area contributed by atoms with E-state index in [-0.39, 0.29) is 16.8 Å². The molecule has 1 heterocycles. The molecule has 0 aliphatic heterocycles. The molecule has 0 fully saturated rings. The molecule has 1 aromatic carbocycles. The van der Waals surface area contributed by atoms with E-state index in [1.807, 2.05) is 0 Å². The standard InChI is InChI=1S/C12H11F3N4O2S/c1-7(20)8(2)22-11-16-17-18-19(11)9-3-5-10(6-4-9)21-12(13,14)15/h3-6,8H,1-2H3. The van der Waals surface area contributed by atoms with Crippen molar-refractivity contribution >= 4 is 17.5 Å². The summed E-state index contributed by atoms with van der Waals surface area (Å²) >= 11 is 1.16. The number of ether oxygens (including phenoxy) is 1. The first-order valence-corrected chi connectivity index (χ1v) is 6.96. The molecule has 1 atom stereocenters. The number of hydrogen-bond donors (Lipinski definition) is 0. The number of alkyl halides is 3. The van der Waals surface area contributed by atoms with Crippen LogP contribution in [0.5, 0.6) is 5.75 Å². The van der Waals surface area contributed by atoms with Crippen molar-refractivity contribution in [2.45, 2.75) is 30.6 Å². The first kappa shape index (κ1) is 16.3. The molecule has 0 radical (unpaired) electrons. The van der Waals surface area contributed by atoms with Crippen molar-refractivity contribution in [3.05, 3.63) is 24.3 Å². The van der Waals surface area contributed by atoms with Gasteiger partial charge in [-0.25, -0.2) is 0 Å². The van der Waals surface area contributed by atoms with Crippen molar-refractivity contribution in [3.63, 3.8) is 0 Å². The van der Waals surface area contributed by atoms with Gasteiger partial charge in [0.25, 0.3) is 0 Å². The Bertz CT molecular complexity index is 657. The highest BCUT2D eigenvalue weighted by atomic mass is 32.2. The van der Waals surface area contributed by atoms with Crippen LogP contribution >= 0.6 is 11.8 Å². The number of nitrogens with zero attached hydrogens (tertiary/aromatic N) is 4. The maximum Gasteiger partial charge on any atom is 0.573 e. The van der Waals surface area contributed by atoms with Gasteiger partial charge in [-0.15, -0.1) is 18.3 Å². The zero-order chi connectivity index (χ0) is 16.3. The third-order valence-electron chi connectivity index (χ3n) is 2.61. The van der Waals surface area contributed by atoms with Crippen LogP contribution in [0.3, 0.4) is 0 Å². The fourth-order valence-corrected chi connectivity index (χ4v) is 2.25. The number of benzene rings is 1. The minimum atomic E-state index is -4.74. The number of thioether (sulfide) groups is 1. The second-order valence-electron chi connectivity index (χ2n) is 4.29. The molecule has 22 heavy (non-hydrogen) atoms. The molecule has 0 saturated heterocycles. The molecule has 0 aliphatic rings. The molecular weight excluding hydrogens is 321 g/mol. The highest BCUT2D eigenvalue weighted by Gasteiger charge is 2.31. The van der Waals surface area contributed by atoms with E-state index >= 15 is 0 Å². The SMILES string of the molecule is CC(=O)C(C)Sc1nnnn1-c1ccc(OC(F)(F)F)cc1. The number of halogens is 3. The van der Waals surface area contributed by atoms with E-state index in [0.717, 1.165) is 23.9 Å². The summed E-state index contributed by atoms with van der Waals surface area (Å²) in [5, 5.41) is 11.1. The van der Waals surface area contributed by atoms with Crippen LogP contribution in [0.4, 0.5) is 13.2 Å². The Hall–Kier alpha value is -2.10. The molecule has 1 unspecified atom stereocenters. The average molecular weight is 332 g/mol. The lowest BCUT2D eigenvalue weighted by atomic mass is 10.3. The van der Waals surface area contributed by atoms with Crippen LogP contribution < -0.4 is 4.74 Å². The van der Waals surface area contributed by atoms with Gasteiger partial charge in [-0.2, -0.15) is 4.68 Å². The third-order valence-corrected chi connectivity index (χ3v) is 3.76.